The minimum atomic E-state index is -0.541. The Balaban J connectivity index is 3.30. The third kappa shape index (κ3) is 2.10. The van der Waals surface area contributed by atoms with E-state index in [1.807, 2.05) is 0 Å². The Kier molecular flexibility index (Phi) is 3.11. The molecule has 0 amide bonds. The maximum absolute atomic E-state index is 10.4. The van der Waals surface area contributed by atoms with Gasteiger partial charge in [-0.05, 0) is 15.9 Å². The Bertz CT molecular complexity index is 356. The number of nitrogens with zero attached hydrogens (tertiary/aromatic N) is 1. The Morgan fingerprint density at radius 1 is 1.62 bits per heavy atom. The Labute approximate surface area is 87.4 Å². The lowest BCUT2D eigenvalue weighted by Crippen LogP contribution is -1.90. The second kappa shape index (κ2) is 3.93. The van der Waals surface area contributed by atoms with Crippen molar-refractivity contribution in [2.24, 2.45) is 0 Å². The van der Waals surface area contributed by atoms with E-state index in [1.165, 1.54) is 12.1 Å². The van der Waals surface area contributed by atoms with Crippen LogP contribution in [-0.2, 0) is 5.88 Å². The lowest BCUT2D eigenvalue weighted by molar-refractivity contribution is -0.385. The number of phenols is 1. The number of rotatable bonds is 2. The number of hydrogen-bond donors (Lipinski definition) is 1. The molecule has 0 aromatic heterocycles. The standard InChI is InChI=1S/C7H5BrClNO3/c8-6-2-5(10(12)13)1-4(3-9)7(6)11/h1-2,11H,3H2. The molecule has 4 nitrogen and oxygen atoms in total. The van der Waals surface area contributed by atoms with Crippen LogP contribution in [0.15, 0.2) is 16.6 Å². The summed E-state index contributed by atoms with van der Waals surface area (Å²) in [5, 5.41) is 19.7. The van der Waals surface area contributed by atoms with Crippen molar-refractivity contribution >= 4 is 33.2 Å². The predicted molar refractivity (Wildman–Crippen MR) is 52.0 cm³/mol. The van der Waals surface area contributed by atoms with Crippen LogP contribution >= 0.6 is 27.5 Å². The molecule has 0 saturated heterocycles. The summed E-state index contributed by atoms with van der Waals surface area (Å²) in [5.74, 6) is -0.0212. The lowest BCUT2D eigenvalue weighted by Gasteiger charge is -2.02. The van der Waals surface area contributed by atoms with E-state index in [0.717, 1.165) is 0 Å². The van der Waals surface area contributed by atoms with Crippen LogP contribution in [0.4, 0.5) is 5.69 Å². The van der Waals surface area contributed by atoms with Gasteiger partial charge in [0.1, 0.15) is 5.75 Å². The zero-order valence-corrected chi connectivity index (χ0v) is 8.67. The maximum Gasteiger partial charge on any atom is 0.271 e. The summed E-state index contributed by atoms with van der Waals surface area (Å²) in [6, 6.07) is 2.47. The van der Waals surface area contributed by atoms with Crippen LogP contribution in [0.5, 0.6) is 5.75 Å². The molecule has 0 saturated carbocycles. The van der Waals surface area contributed by atoms with Crippen molar-refractivity contribution in [2.45, 2.75) is 5.88 Å². The SMILES string of the molecule is O=[N+]([O-])c1cc(Br)c(O)c(CCl)c1. The topological polar surface area (TPSA) is 63.4 Å². The van der Waals surface area contributed by atoms with Crippen molar-refractivity contribution < 1.29 is 10.0 Å². The summed E-state index contributed by atoms with van der Waals surface area (Å²) in [7, 11) is 0. The number of nitro groups is 1. The first kappa shape index (κ1) is 10.3. The van der Waals surface area contributed by atoms with E-state index < -0.39 is 4.92 Å². The molecule has 1 N–H and O–H groups in total. The number of phenolic OH excluding ortho intramolecular Hbond substituents is 1. The molecule has 0 aliphatic heterocycles. The highest BCUT2D eigenvalue weighted by Gasteiger charge is 2.13. The predicted octanol–water partition coefficient (Wildman–Crippen LogP) is 2.80. The molecule has 0 atom stereocenters. The van der Waals surface area contributed by atoms with E-state index in [4.69, 9.17) is 11.6 Å². The average molecular weight is 266 g/mol. The smallest absolute Gasteiger partial charge is 0.271 e. The van der Waals surface area contributed by atoms with E-state index in [9.17, 15) is 15.2 Å². The van der Waals surface area contributed by atoms with Crippen molar-refractivity contribution in [3.05, 3.63) is 32.3 Å². The number of benzene rings is 1. The van der Waals surface area contributed by atoms with E-state index >= 15 is 0 Å². The van der Waals surface area contributed by atoms with Gasteiger partial charge >= 0.3 is 0 Å². The quantitative estimate of drug-likeness (QED) is 0.508. The van der Waals surface area contributed by atoms with Gasteiger partial charge in [0, 0.05) is 17.7 Å². The Morgan fingerprint density at radius 2 is 2.23 bits per heavy atom. The largest absolute Gasteiger partial charge is 0.506 e. The number of halogens is 2. The number of alkyl halides is 1. The molecule has 0 aliphatic rings. The Morgan fingerprint density at radius 3 is 2.69 bits per heavy atom. The number of non-ortho nitro benzene ring substituents is 1. The summed E-state index contributed by atoms with van der Waals surface area (Å²) in [6.45, 7) is 0. The molecule has 6 heteroatoms. The Hall–Kier alpha value is -0.810. The van der Waals surface area contributed by atoms with E-state index in [-0.39, 0.29) is 21.8 Å². The highest BCUT2D eigenvalue weighted by molar-refractivity contribution is 9.10. The average Bonchev–Trinajstić information content (AvgIpc) is 2.09. The first-order valence-electron chi connectivity index (χ1n) is 3.28. The van der Waals surface area contributed by atoms with Crippen LogP contribution in [0.25, 0.3) is 0 Å². The molecule has 0 bridgehead atoms. The van der Waals surface area contributed by atoms with E-state index in [1.54, 1.807) is 0 Å². The molecule has 0 unspecified atom stereocenters. The van der Waals surface area contributed by atoms with Gasteiger partial charge in [0.05, 0.1) is 15.3 Å². The van der Waals surface area contributed by atoms with Gasteiger partial charge in [0.25, 0.3) is 5.69 Å². The van der Waals surface area contributed by atoms with Crippen molar-refractivity contribution in [3.8, 4) is 5.75 Å². The summed E-state index contributed by atoms with van der Waals surface area (Å²) in [5.41, 5.74) is 0.239. The van der Waals surface area contributed by atoms with Gasteiger partial charge in [-0.2, -0.15) is 0 Å². The minimum absolute atomic E-state index is 0.0338. The van der Waals surface area contributed by atoms with Crippen LogP contribution in [0.2, 0.25) is 0 Å². The fourth-order valence-electron chi connectivity index (χ4n) is 0.847. The summed E-state index contributed by atoms with van der Waals surface area (Å²) >= 11 is 8.47. The first-order valence-corrected chi connectivity index (χ1v) is 4.60. The molecule has 70 valence electrons. The highest BCUT2D eigenvalue weighted by atomic mass is 79.9. The van der Waals surface area contributed by atoms with E-state index in [0.29, 0.717) is 5.56 Å². The third-order valence-electron chi connectivity index (χ3n) is 1.48. The van der Waals surface area contributed by atoms with Gasteiger partial charge in [-0.15, -0.1) is 11.6 Å². The number of aromatic hydroxyl groups is 1. The zero-order valence-electron chi connectivity index (χ0n) is 6.33. The van der Waals surface area contributed by atoms with Gasteiger partial charge in [-0.25, -0.2) is 0 Å². The minimum Gasteiger partial charge on any atom is -0.506 e. The normalized spacial score (nSPS) is 10.0. The van der Waals surface area contributed by atoms with Crippen molar-refractivity contribution in [2.75, 3.05) is 0 Å². The van der Waals surface area contributed by atoms with Gasteiger partial charge in [-0.3, -0.25) is 10.1 Å². The third-order valence-corrected chi connectivity index (χ3v) is 2.37. The maximum atomic E-state index is 10.4. The first-order chi connectivity index (χ1) is 6.06. The molecule has 13 heavy (non-hydrogen) atoms. The van der Waals surface area contributed by atoms with Crippen LogP contribution in [0, 0.1) is 10.1 Å². The van der Waals surface area contributed by atoms with Gasteiger partial charge in [0.2, 0.25) is 0 Å². The molecular formula is C7H5BrClNO3. The summed E-state index contributed by atoms with van der Waals surface area (Å²) < 4.78 is 0.275. The van der Waals surface area contributed by atoms with Crippen molar-refractivity contribution in [1.82, 2.24) is 0 Å². The van der Waals surface area contributed by atoms with E-state index in [2.05, 4.69) is 15.9 Å². The molecule has 1 rings (SSSR count). The molecular weight excluding hydrogens is 261 g/mol. The summed E-state index contributed by atoms with van der Waals surface area (Å²) in [6.07, 6.45) is 0. The van der Waals surface area contributed by atoms with Gasteiger partial charge < -0.3 is 5.11 Å². The van der Waals surface area contributed by atoms with Crippen molar-refractivity contribution in [3.63, 3.8) is 0 Å². The van der Waals surface area contributed by atoms with Gasteiger partial charge in [0.15, 0.2) is 0 Å². The summed E-state index contributed by atoms with van der Waals surface area (Å²) in [4.78, 5) is 9.85. The zero-order chi connectivity index (χ0) is 10.0. The lowest BCUT2D eigenvalue weighted by atomic mass is 10.2. The fraction of sp³-hybridized carbons (Fsp3) is 0.143. The fourth-order valence-corrected chi connectivity index (χ4v) is 1.54. The molecule has 0 heterocycles. The van der Waals surface area contributed by atoms with Crippen LogP contribution in [0.3, 0.4) is 0 Å². The van der Waals surface area contributed by atoms with Gasteiger partial charge in [-0.1, -0.05) is 0 Å². The number of nitro benzene ring substituents is 1. The second-order valence-corrected chi connectivity index (χ2v) is 3.45. The molecule has 1 aromatic carbocycles. The molecule has 0 fully saturated rings. The monoisotopic (exact) mass is 265 g/mol. The van der Waals surface area contributed by atoms with Crippen LogP contribution in [-0.4, -0.2) is 10.0 Å². The van der Waals surface area contributed by atoms with Crippen LogP contribution < -0.4 is 0 Å². The number of hydrogen-bond acceptors (Lipinski definition) is 3. The second-order valence-electron chi connectivity index (χ2n) is 2.33. The van der Waals surface area contributed by atoms with Crippen LogP contribution in [0.1, 0.15) is 5.56 Å². The molecule has 0 spiro atoms. The van der Waals surface area contributed by atoms with Crippen molar-refractivity contribution in [1.29, 1.82) is 0 Å². The molecule has 1 aromatic rings. The highest BCUT2D eigenvalue weighted by Crippen LogP contribution is 2.33. The molecule has 0 aliphatic carbocycles. The molecule has 0 radical (unpaired) electrons.